The third-order valence-corrected chi connectivity index (χ3v) is 2.68. The van der Waals surface area contributed by atoms with Crippen molar-refractivity contribution in [3.05, 3.63) is 45.5 Å². The smallest absolute Gasteiger partial charge is 0.342 e. The number of aromatic carboxylic acids is 2. The summed E-state index contributed by atoms with van der Waals surface area (Å²) in [7, 11) is 0. The van der Waals surface area contributed by atoms with Gasteiger partial charge in [0.25, 0.3) is 5.69 Å². The van der Waals surface area contributed by atoms with Crippen molar-refractivity contribution < 1.29 is 29.1 Å². The van der Waals surface area contributed by atoms with Crippen LogP contribution in [0.4, 0.5) is 11.6 Å². The van der Waals surface area contributed by atoms with Crippen molar-refractivity contribution in [2.24, 2.45) is 0 Å². The molecular formula is C12H8N2O7. The van der Waals surface area contributed by atoms with E-state index < -0.39 is 33.9 Å². The number of nitrogens with zero attached hydrogens (tertiary/aromatic N) is 1. The number of rotatable bonds is 4. The maximum Gasteiger partial charge on any atom is 0.342 e. The van der Waals surface area contributed by atoms with E-state index in [1.807, 2.05) is 0 Å². The molecule has 0 saturated carbocycles. The number of nitro benzene ring substituents is 1. The number of carboxylic acid groups (broad SMARTS) is 2. The number of benzene rings is 1. The highest BCUT2D eigenvalue weighted by atomic mass is 16.6. The van der Waals surface area contributed by atoms with Crippen molar-refractivity contribution >= 4 is 23.5 Å². The summed E-state index contributed by atoms with van der Waals surface area (Å²) in [6.07, 6.45) is 0. The molecule has 108 valence electrons. The summed E-state index contributed by atoms with van der Waals surface area (Å²) >= 11 is 0. The van der Waals surface area contributed by atoms with Crippen LogP contribution in [-0.2, 0) is 0 Å². The van der Waals surface area contributed by atoms with Gasteiger partial charge in [0.15, 0.2) is 5.76 Å². The molecule has 0 fully saturated rings. The number of carbonyl (C=O) groups is 2. The van der Waals surface area contributed by atoms with Crippen LogP contribution in [0.1, 0.15) is 20.7 Å². The highest BCUT2D eigenvalue weighted by Crippen LogP contribution is 2.34. The lowest BCUT2D eigenvalue weighted by atomic mass is 10.0. The van der Waals surface area contributed by atoms with Gasteiger partial charge in [-0.3, -0.25) is 10.1 Å². The van der Waals surface area contributed by atoms with Gasteiger partial charge in [-0.1, -0.05) is 12.1 Å². The number of hydrogen-bond acceptors (Lipinski definition) is 6. The predicted molar refractivity (Wildman–Crippen MR) is 69.1 cm³/mol. The second kappa shape index (κ2) is 4.96. The SMILES string of the molecule is Nc1oc(-c2cccc([N+](=O)[O-])c2)c(C(=O)O)c1C(=O)O. The number of nitrogens with two attached hydrogens (primary N) is 1. The van der Waals surface area contributed by atoms with Gasteiger partial charge in [-0.2, -0.15) is 0 Å². The molecule has 2 rings (SSSR count). The van der Waals surface area contributed by atoms with E-state index in [0.717, 1.165) is 6.07 Å². The average molecular weight is 292 g/mol. The molecule has 0 aliphatic heterocycles. The lowest BCUT2D eigenvalue weighted by Gasteiger charge is -1.99. The molecule has 1 aromatic heterocycles. The molecule has 0 unspecified atom stereocenters. The number of non-ortho nitro benzene ring substituents is 1. The topological polar surface area (TPSA) is 157 Å². The summed E-state index contributed by atoms with van der Waals surface area (Å²) in [6.45, 7) is 0. The van der Waals surface area contributed by atoms with Crippen molar-refractivity contribution in [2.75, 3.05) is 5.73 Å². The normalized spacial score (nSPS) is 10.3. The van der Waals surface area contributed by atoms with Gasteiger partial charge in [-0.05, 0) is 0 Å². The summed E-state index contributed by atoms with van der Waals surface area (Å²) in [5.74, 6) is -4.05. The molecule has 0 aliphatic rings. The molecule has 1 aromatic carbocycles. The second-order valence-electron chi connectivity index (χ2n) is 3.96. The first-order valence-corrected chi connectivity index (χ1v) is 5.46. The minimum absolute atomic E-state index is 0.0424. The van der Waals surface area contributed by atoms with Crippen LogP contribution in [0.25, 0.3) is 11.3 Å². The van der Waals surface area contributed by atoms with E-state index >= 15 is 0 Å². The highest BCUT2D eigenvalue weighted by Gasteiger charge is 2.30. The third kappa shape index (κ3) is 2.39. The Bertz CT molecular complexity index is 763. The third-order valence-electron chi connectivity index (χ3n) is 2.68. The fraction of sp³-hybridized carbons (Fsp3) is 0. The molecular weight excluding hydrogens is 284 g/mol. The van der Waals surface area contributed by atoms with E-state index in [-0.39, 0.29) is 17.0 Å². The summed E-state index contributed by atoms with van der Waals surface area (Å²) in [4.78, 5) is 32.3. The number of nitro groups is 1. The lowest BCUT2D eigenvalue weighted by molar-refractivity contribution is -0.384. The molecule has 9 heteroatoms. The van der Waals surface area contributed by atoms with Gasteiger partial charge in [0.05, 0.1) is 4.92 Å². The van der Waals surface area contributed by atoms with Gasteiger partial charge in [-0.15, -0.1) is 0 Å². The lowest BCUT2D eigenvalue weighted by Crippen LogP contribution is -2.08. The van der Waals surface area contributed by atoms with Crippen molar-refractivity contribution in [1.29, 1.82) is 0 Å². The Hall–Kier alpha value is -3.36. The Kier molecular flexibility index (Phi) is 3.32. The molecule has 9 nitrogen and oxygen atoms in total. The van der Waals surface area contributed by atoms with E-state index in [1.165, 1.54) is 18.2 Å². The van der Waals surface area contributed by atoms with Crippen LogP contribution in [-0.4, -0.2) is 27.1 Å². The Morgan fingerprint density at radius 2 is 1.81 bits per heavy atom. The van der Waals surface area contributed by atoms with Crippen molar-refractivity contribution in [2.45, 2.75) is 0 Å². The van der Waals surface area contributed by atoms with Gasteiger partial charge < -0.3 is 20.4 Å². The molecule has 1 heterocycles. The molecule has 0 aliphatic carbocycles. The van der Waals surface area contributed by atoms with Crippen molar-refractivity contribution in [3.8, 4) is 11.3 Å². The minimum Gasteiger partial charge on any atom is -0.478 e. The molecule has 2 aromatic rings. The summed E-state index contributed by atoms with van der Waals surface area (Å²) in [5, 5.41) is 28.8. The molecule has 0 radical (unpaired) electrons. The Morgan fingerprint density at radius 3 is 2.33 bits per heavy atom. The van der Waals surface area contributed by atoms with Crippen molar-refractivity contribution in [3.63, 3.8) is 0 Å². The van der Waals surface area contributed by atoms with Crippen LogP contribution in [0, 0.1) is 10.1 Å². The predicted octanol–water partition coefficient (Wildman–Crippen LogP) is 1.83. The maximum absolute atomic E-state index is 11.2. The van der Waals surface area contributed by atoms with E-state index in [0.29, 0.717) is 0 Å². The van der Waals surface area contributed by atoms with E-state index in [9.17, 15) is 19.7 Å². The average Bonchev–Trinajstić information content (AvgIpc) is 2.76. The zero-order valence-electron chi connectivity index (χ0n) is 10.3. The molecule has 0 atom stereocenters. The first kappa shape index (κ1) is 14.1. The zero-order valence-corrected chi connectivity index (χ0v) is 10.3. The van der Waals surface area contributed by atoms with Crippen molar-refractivity contribution in [1.82, 2.24) is 0 Å². The number of furan rings is 1. The van der Waals surface area contributed by atoms with E-state index in [4.69, 9.17) is 20.4 Å². The van der Waals surface area contributed by atoms with Crippen LogP contribution in [0.2, 0.25) is 0 Å². The summed E-state index contributed by atoms with van der Waals surface area (Å²) in [5.41, 5.74) is 3.78. The van der Waals surface area contributed by atoms with E-state index in [2.05, 4.69) is 0 Å². The molecule has 0 bridgehead atoms. The monoisotopic (exact) mass is 292 g/mol. The molecule has 0 amide bonds. The van der Waals surface area contributed by atoms with Gasteiger partial charge in [0, 0.05) is 17.7 Å². The second-order valence-corrected chi connectivity index (χ2v) is 3.96. The van der Waals surface area contributed by atoms with Gasteiger partial charge in [-0.25, -0.2) is 9.59 Å². The fourth-order valence-electron chi connectivity index (χ4n) is 1.83. The number of hydrogen-bond donors (Lipinski definition) is 3. The Labute approximate surface area is 116 Å². The van der Waals surface area contributed by atoms with Gasteiger partial charge in [0.1, 0.15) is 11.1 Å². The fourth-order valence-corrected chi connectivity index (χ4v) is 1.83. The Balaban J connectivity index is 2.72. The quantitative estimate of drug-likeness (QED) is 0.568. The Morgan fingerprint density at radius 1 is 1.19 bits per heavy atom. The van der Waals surface area contributed by atoms with Gasteiger partial charge >= 0.3 is 11.9 Å². The largest absolute Gasteiger partial charge is 0.478 e. The number of anilines is 1. The highest BCUT2D eigenvalue weighted by molar-refractivity contribution is 6.08. The molecule has 0 saturated heterocycles. The standard InChI is InChI=1S/C12H8N2O7/c13-10-8(12(17)18)7(11(15)16)9(21-10)5-2-1-3-6(4-5)14(19)20/h1-4H,13H2,(H,15,16)(H,17,18). The zero-order chi connectivity index (χ0) is 15.7. The first-order valence-electron chi connectivity index (χ1n) is 5.46. The van der Waals surface area contributed by atoms with E-state index in [1.54, 1.807) is 0 Å². The maximum atomic E-state index is 11.2. The van der Waals surface area contributed by atoms with Crippen LogP contribution in [0.5, 0.6) is 0 Å². The number of nitrogen functional groups attached to an aromatic ring is 1. The van der Waals surface area contributed by atoms with Gasteiger partial charge in [0.2, 0.25) is 5.88 Å². The van der Waals surface area contributed by atoms with Crippen LogP contribution >= 0.6 is 0 Å². The molecule has 0 spiro atoms. The summed E-state index contributed by atoms with van der Waals surface area (Å²) < 4.78 is 4.98. The summed E-state index contributed by atoms with van der Waals surface area (Å²) in [6, 6.07) is 4.94. The van der Waals surface area contributed by atoms with Crippen LogP contribution in [0.3, 0.4) is 0 Å². The molecule has 21 heavy (non-hydrogen) atoms. The van der Waals surface area contributed by atoms with Crippen LogP contribution < -0.4 is 5.73 Å². The molecule has 4 N–H and O–H groups in total. The number of carboxylic acids is 2. The minimum atomic E-state index is -1.56. The van der Waals surface area contributed by atoms with Crippen LogP contribution in [0.15, 0.2) is 28.7 Å². The first-order chi connectivity index (χ1) is 9.82.